The Morgan fingerprint density at radius 1 is 1.14 bits per heavy atom. The van der Waals surface area contributed by atoms with Crippen LogP contribution >= 0.6 is 0 Å². The number of aryl methyl sites for hydroxylation is 1. The summed E-state index contributed by atoms with van der Waals surface area (Å²) in [4.78, 5) is 0. The van der Waals surface area contributed by atoms with E-state index in [1.165, 1.54) is 24.0 Å². The number of benzene rings is 1. The van der Waals surface area contributed by atoms with Gasteiger partial charge in [-0.25, -0.2) is 0 Å². The fourth-order valence-electron chi connectivity index (χ4n) is 1.41. The molecule has 0 spiro atoms. The highest BCUT2D eigenvalue weighted by Gasteiger charge is 1.93. The Balaban J connectivity index is 2.38. The molecule has 0 radical (unpaired) electrons. The van der Waals surface area contributed by atoms with Crippen LogP contribution in [0.3, 0.4) is 0 Å². The molecule has 1 aromatic rings. The molecule has 0 saturated heterocycles. The second-order valence-corrected chi connectivity index (χ2v) is 3.43. The van der Waals surface area contributed by atoms with Crippen LogP contribution in [0.25, 0.3) is 0 Å². The molecule has 1 N–H and O–H groups in total. The molecule has 2 nitrogen and oxygen atoms in total. The zero-order valence-corrected chi connectivity index (χ0v) is 9.05. The average Bonchev–Trinajstić information content (AvgIpc) is 2.21. The summed E-state index contributed by atoms with van der Waals surface area (Å²) in [6.45, 7) is 3.69. The van der Waals surface area contributed by atoms with Gasteiger partial charge in [-0.1, -0.05) is 37.6 Å². The summed E-state index contributed by atoms with van der Waals surface area (Å²) in [7, 11) is 1.69. The molecule has 0 amide bonds. The molecule has 0 aliphatic rings. The smallest absolute Gasteiger partial charge is 0.0964 e. The maximum atomic E-state index is 4.91. The van der Waals surface area contributed by atoms with E-state index in [1.54, 1.807) is 7.11 Å². The van der Waals surface area contributed by atoms with Gasteiger partial charge in [0.1, 0.15) is 0 Å². The van der Waals surface area contributed by atoms with E-state index in [1.807, 2.05) is 0 Å². The van der Waals surface area contributed by atoms with Gasteiger partial charge in [-0.3, -0.25) is 5.32 Å². The summed E-state index contributed by atoms with van der Waals surface area (Å²) in [6, 6.07) is 8.75. The van der Waals surface area contributed by atoms with Crippen molar-refractivity contribution in [2.45, 2.75) is 26.3 Å². The lowest BCUT2D eigenvalue weighted by atomic mass is 10.1. The molecule has 1 aromatic carbocycles. The maximum Gasteiger partial charge on any atom is 0.0964 e. The van der Waals surface area contributed by atoms with Gasteiger partial charge in [-0.05, 0) is 17.5 Å². The predicted molar refractivity (Wildman–Crippen MR) is 59.2 cm³/mol. The second-order valence-electron chi connectivity index (χ2n) is 3.43. The standard InChI is InChI=1S/C12H19NO/c1-3-4-11-5-7-12(8-6-11)9-13-10-14-2/h5-8,13H,3-4,9-10H2,1-2H3. The van der Waals surface area contributed by atoms with Gasteiger partial charge < -0.3 is 4.74 Å². The van der Waals surface area contributed by atoms with Crippen molar-refractivity contribution >= 4 is 0 Å². The minimum absolute atomic E-state index is 0.608. The Kier molecular flexibility index (Phi) is 5.27. The average molecular weight is 193 g/mol. The highest BCUT2D eigenvalue weighted by Crippen LogP contribution is 2.06. The normalized spacial score (nSPS) is 10.4. The minimum Gasteiger partial charge on any atom is -0.370 e. The summed E-state index contributed by atoms with van der Waals surface area (Å²) in [5.74, 6) is 0. The van der Waals surface area contributed by atoms with E-state index in [-0.39, 0.29) is 0 Å². The van der Waals surface area contributed by atoms with Gasteiger partial charge in [0.15, 0.2) is 0 Å². The molecule has 0 aromatic heterocycles. The first-order valence-electron chi connectivity index (χ1n) is 5.14. The number of methoxy groups -OCH3 is 1. The third kappa shape index (κ3) is 3.90. The molecular formula is C12H19NO. The molecule has 0 saturated carbocycles. The fourth-order valence-corrected chi connectivity index (χ4v) is 1.41. The first-order valence-corrected chi connectivity index (χ1v) is 5.14. The molecule has 0 aliphatic heterocycles. The molecule has 2 heteroatoms. The topological polar surface area (TPSA) is 21.3 Å². The van der Waals surface area contributed by atoms with Crippen molar-refractivity contribution in [1.29, 1.82) is 0 Å². The highest BCUT2D eigenvalue weighted by molar-refractivity contribution is 5.22. The third-order valence-corrected chi connectivity index (χ3v) is 2.14. The van der Waals surface area contributed by atoms with Crippen LogP contribution in [0.4, 0.5) is 0 Å². The van der Waals surface area contributed by atoms with E-state index in [0.717, 1.165) is 6.54 Å². The van der Waals surface area contributed by atoms with Gasteiger partial charge in [-0.15, -0.1) is 0 Å². The SMILES string of the molecule is CCCc1ccc(CNCOC)cc1. The van der Waals surface area contributed by atoms with E-state index in [0.29, 0.717) is 6.73 Å². The molecule has 78 valence electrons. The molecule has 0 bridgehead atoms. The molecule has 14 heavy (non-hydrogen) atoms. The second kappa shape index (κ2) is 6.57. The van der Waals surface area contributed by atoms with E-state index < -0.39 is 0 Å². The Morgan fingerprint density at radius 2 is 1.79 bits per heavy atom. The van der Waals surface area contributed by atoms with Crippen molar-refractivity contribution in [3.8, 4) is 0 Å². The number of rotatable bonds is 6. The van der Waals surface area contributed by atoms with Crippen LogP contribution in [-0.4, -0.2) is 13.8 Å². The van der Waals surface area contributed by atoms with Crippen molar-refractivity contribution < 1.29 is 4.74 Å². The van der Waals surface area contributed by atoms with Gasteiger partial charge in [0.2, 0.25) is 0 Å². The molecular weight excluding hydrogens is 174 g/mol. The molecule has 0 atom stereocenters. The summed E-state index contributed by atoms with van der Waals surface area (Å²) >= 11 is 0. The van der Waals surface area contributed by atoms with Gasteiger partial charge in [0.25, 0.3) is 0 Å². The van der Waals surface area contributed by atoms with E-state index >= 15 is 0 Å². The van der Waals surface area contributed by atoms with Gasteiger partial charge in [0.05, 0.1) is 6.73 Å². The Bertz CT molecular complexity index is 243. The van der Waals surface area contributed by atoms with Crippen LogP contribution < -0.4 is 5.32 Å². The molecule has 0 unspecified atom stereocenters. The van der Waals surface area contributed by atoms with Crippen LogP contribution in [0.5, 0.6) is 0 Å². The van der Waals surface area contributed by atoms with Crippen LogP contribution in [0.2, 0.25) is 0 Å². The molecule has 0 fully saturated rings. The first-order chi connectivity index (χ1) is 6.86. The van der Waals surface area contributed by atoms with Crippen molar-refractivity contribution in [3.05, 3.63) is 35.4 Å². The number of hydrogen-bond acceptors (Lipinski definition) is 2. The summed E-state index contributed by atoms with van der Waals surface area (Å²) < 4.78 is 4.91. The highest BCUT2D eigenvalue weighted by atomic mass is 16.5. The van der Waals surface area contributed by atoms with Crippen molar-refractivity contribution in [2.75, 3.05) is 13.8 Å². The fraction of sp³-hybridized carbons (Fsp3) is 0.500. The zero-order valence-electron chi connectivity index (χ0n) is 9.05. The predicted octanol–water partition coefficient (Wildman–Crippen LogP) is 2.33. The van der Waals surface area contributed by atoms with Crippen molar-refractivity contribution in [1.82, 2.24) is 5.32 Å². The quantitative estimate of drug-likeness (QED) is 0.553. The third-order valence-electron chi connectivity index (χ3n) is 2.14. The van der Waals surface area contributed by atoms with Gasteiger partial charge in [0, 0.05) is 13.7 Å². The number of nitrogens with one attached hydrogen (secondary N) is 1. The van der Waals surface area contributed by atoms with Gasteiger partial charge >= 0.3 is 0 Å². The first kappa shape index (κ1) is 11.2. The van der Waals surface area contributed by atoms with Crippen LogP contribution in [-0.2, 0) is 17.7 Å². The lowest BCUT2D eigenvalue weighted by Crippen LogP contribution is -2.15. The van der Waals surface area contributed by atoms with Crippen molar-refractivity contribution in [3.63, 3.8) is 0 Å². The number of ether oxygens (including phenoxy) is 1. The van der Waals surface area contributed by atoms with E-state index in [4.69, 9.17) is 4.74 Å². The Morgan fingerprint density at radius 3 is 2.36 bits per heavy atom. The molecule has 0 aliphatic carbocycles. The summed E-state index contributed by atoms with van der Waals surface area (Å²) in [5.41, 5.74) is 2.73. The zero-order chi connectivity index (χ0) is 10.2. The minimum atomic E-state index is 0.608. The summed E-state index contributed by atoms with van der Waals surface area (Å²) in [6.07, 6.45) is 2.38. The van der Waals surface area contributed by atoms with Crippen LogP contribution in [0.15, 0.2) is 24.3 Å². The lowest BCUT2D eigenvalue weighted by Gasteiger charge is -2.04. The summed E-state index contributed by atoms with van der Waals surface area (Å²) in [5, 5.41) is 3.18. The van der Waals surface area contributed by atoms with Crippen molar-refractivity contribution in [2.24, 2.45) is 0 Å². The van der Waals surface area contributed by atoms with E-state index in [2.05, 4.69) is 36.5 Å². The monoisotopic (exact) mass is 193 g/mol. The largest absolute Gasteiger partial charge is 0.370 e. The van der Waals surface area contributed by atoms with E-state index in [9.17, 15) is 0 Å². The molecule has 0 heterocycles. The lowest BCUT2D eigenvalue weighted by molar-refractivity contribution is 0.174. The number of hydrogen-bond donors (Lipinski definition) is 1. The molecule has 1 rings (SSSR count). The van der Waals surface area contributed by atoms with Crippen LogP contribution in [0, 0.1) is 0 Å². The maximum absolute atomic E-state index is 4.91. The van der Waals surface area contributed by atoms with Crippen LogP contribution in [0.1, 0.15) is 24.5 Å². The Labute approximate surface area is 86.3 Å². The Hall–Kier alpha value is -0.860. The van der Waals surface area contributed by atoms with Gasteiger partial charge in [-0.2, -0.15) is 0 Å².